The average molecular weight is 603 g/mol. The standard InChI is InChI=1S/C44H30N2O/c1-27-22-43(45-26-36(27)28-12-4-3-5-13-28)46-41-23-29(47-2)20-21-33(41)35-24-34-32-16-8-11-19-39(32)44(40(34)25-42(35)46)37-17-9-6-14-30(37)31-15-7-10-18-38(31)44/h3-26H,1-2H3. The number of benzene rings is 6. The third kappa shape index (κ3) is 3.38. The van der Waals surface area contributed by atoms with Gasteiger partial charge in [-0.05, 0) is 92.9 Å². The summed E-state index contributed by atoms with van der Waals surface area (Å²) < 4.78 is 8.09. The molecule has 47 heavy (non-hydrogen) atoms. The second-order valence-electron chi connectivity index (χ2n) is 12.7. The molecule has 0 amide bonds. The van der Waals surface area contributed by atoms with Gasteiger partial charge >= 0.3 is 0 Å². The highest BCUT2D eigenvalue weighted by molar-refractivity contribution is 6.12. The molecule has 1 spiro atoms. The van der Waals surface area contributed by atoms with Crippen LogP contribution in [0.2, 0.25) is 0 Å². The van der Waals surface area contributed by atoms with Gasteiger partial charge in [-0.3, -0.25) is 4.57 Å². The number of hydrogen-bond donors (Lipinski definition) is 0. The van der Waals surface area contributed by atoms with E-state index in [4.69, 9.17) is 9.72 Å². The Bertz CT molecular complexity index is 2530. The summed E-state index contributed by atoms with van der Waals surface area (Å²) >= 11 is 0. The highest BCUT2D eigenvalue weighted by atomic mass is 16.5. The van der Waals surface area contributed by atoms with Gasteiger partial charge in [0.2, 0.25) is 0 Å². The smallest absolute Gasteiger partial charge is 0.137 e. The Kier molecular flexibility index (Phi) is 5.34. The van der Waals surface area contributed by atoms with Crippen molar-refractivity contribution in [2.24, 2.45) is 0 Å². The maximum absolute atomic E-state index is 5.76. The molecule has 2 aliphatic carbocycles. The molecule has 3 heteroatoms. The number of fused-ring (bicyclic) bond motifs is 13. The molecule has 2 heterocycles. The number of rotatable bonds is 3. The lowest BCUT2D eigenvalue weighted by molar-refractivity contribution is 0.415. The van der Waals surface area contributed by atoms with Crippen molar-refractivity contribution in [2.45, 2.75) is 12.3 Å². The second-order valence-corrected chi connectivity index (χ2v) is 12.7. The van der Waals surface area contributed by atoms with Crippen molar-refractivity contribution < 1.29 is 4.74 Å². The van der Waals surface area contributed by atoms with Crippen LogP contribution in [0.3, 0.4) is 0 Å². The van der Waals surface area contributed by atoms with Gasteiger partial charge in [-0.1, -0.05) is 103 Å². The molecule has 3 nitrogen and oxygen atoms in total. The maximum atomic E-state index is 5.76. The van der Waals surface area contributed by atoms with Gasteiger partial charge in [0.1, 0.15) is 11.6 Å². The first-order valence-electron chi connectivity index (χ1n) is 16.2. The van der Waals surface area contributed by atoms with Gasteiger partial charge in [-0.25, -0.2) is 4.98 Å². The monoisotopic (exact) mass is 602 g/mol. The van der Waals surface area contributed by atoms with Gasteiger partial charge < -0.3 is 4.74 Å². The minimum absolute atomic E-state index is 0.410. The summed E-state index contributed by atoms with van der Waals surface area (Å²) in [6.45, 7) is 2.18. The lowest BCUT2D eigenvalue weighted by atomic mass is 9.70. The normalized spacial score (nSPS) is 13.5. The number of methoxy groups -OCH3 is 1. The minimum Gasteiger partial charge on any atom is -0.497 e. The van der Waals surface area contributed by atoms with E-state index in [-0.39, 0.29) is 0 Å². The first kappa shape index (κ1) is 26.3. The Labute approximate surface area is 273 Å². The van der Waals surface area contributed by atoms with Crippen LogP contribution in [0.1, 0.15) is 27.8 Å². The highest BCUT2D eigenvalue weighted by Crippen LogP contribution is 2.63. The van der Waals surface area contributed by atoms with Gasteiger partial charge in [0.15, 0.2) is 0 Å². The second kappa shape index (κ2) is 9.54. The number of aromatic nitrogens is 2. The third-order valence-corrected chi connectivity index (χ3v) is 10.5. The first-order chi connectivity index (χ1) is 23.2. The molecule has 0 N–H and O–H groups in total. The van der Waals surface area contributed by atoms with E-state index >= 15 is 0 Å². The fourth-order valence-corrected chi connectivity index (χ4v) is 8.54. The molecule has 0 unspecified atom stereocenters. The number of hydrogen-bond acceptors (Lipinski definition) is 2. The van der Waals surface area contributed by atoms with Crippen LogP contribution in [0.25, 0.3) is 61.0 Å². The highest BCUT2D eigenvalue weighted by Gasteiger charge is 2.51. The zero-order valence-electron chi connectivity index (χ0n) is 26.2. The summed E-state index contributed by atoms with van der Waals surface area (Å²) in [6, 6.07) is 51.0. The summed E-state index contributed by atoms with van der Waals surface area (Å²) in [6.07, 6.45) is 2.02. The molecule has 2 aromatic heterocycles. The Morgan fingerprint density at radius 1 is 0.532 bits per heavy atom. The third-order valence-electron chi connectivity index (χ3n) is 10.5. The molecule has 0 atom stereocenters. The van der Waals surface area contributed by atoms with E-state index in [1.807, 2.05) is 6.20 Å². The molecule has 0 saturated heterocycles. The molecule has 0 aliphatic heterocycles. The predicted molar refractivity (Wildman–Crippen MR) is 192 cm³/mol. The van der Waals surface area contributed by atoms with E-state index in [1.165, 1.54) is 66.4 Å². The molecule has 8 aromatic rings. The van der Waals surface area contributed by atoms with Crippen molar-refractivity contribution >= 4 is 21.8 Å². The first-order valence-corrected chi connectivity index (χ1v) is 16.2. The molecule has 0 bridgehead atoms. The van der Waals surface area contributed by atoms with Gasteiger partial charge in [-0.15, -0.1) is 0 Å². The SMILES string of the molecule is COc1ccc2c3cc4c(cc3n(-c3cc(C)c(-c5ccccc5)cn3)c2c1)C1(c2ccccc2-c2ccccc21)c1ccccc1-4. The summed E-state index contributed by atoms with van der Waals surface area (Å²) in [7, 11) is 1.73. The van der Waals surface area contributed by atoms with E-state index in [0.717, 1.165) is 28.2 Å². The zero-order valence-corrected chi connectivity index (χ0v) is 26.2. The molecule has 2 aliphatic rings. The van der Waals surface area contributed by atoms with Gasteiger partial charge in [0.05, 0.1) is 23.6 Å². The van der Waals surface area contributed by atoms with Crippen LogP contribution in [-0.4, -0.2) is 16.7 Å². The molecule has 0 radical (unpaired) electrons. The van der Waals surface area contributed by atoms with Gasteiger partial charge in [-0.2, -0.15) is 0 Å². The predicted octanol–water partition coefficient (Wildman–Crippen LogP) is 10.5. The van der Waals surface area contributed by atoms with Crippen molar-refractivity contribution in [3.05, 3.63) is 174 Å². The molecular weight excluding hydrogens is 572 g/mol. The van der Waals surface area contributed by atoms with Crippen LogP contribution in [0.15, 0.2) is 146 Å². The number of nitrogens with zero attached hydrogens (tertiary/aromatic N) is 2. The van der Waals surface area contributed by atoms with Gasteiger partial charge in [0, 0.05) is 28.6 Å². The molecular formula is C44H30N2O. The van der Waals surface area contributed by atoms with Crippen LogP contribution >= 0.6 is 0 Å². The average Bonchev–Trinajstić information content (AvgIpc) is 3.72. The zero-order chi connectivity index (χ0) is 31.3. The molecule has 0 saturated carbocycles. The van der Waals surface area contributed by atoms with E-state index in [2.05, 4.69) is 151 Å². The van der Waals surface area contributed by atoms with Crippen LogP contribution < -0.4 is 4.74 Å². The van der Waals surface area contributed by atoms with Crippen LogP contribution in [-0.2, 0) is 5.41 Å². The van der Waals surface area contributed by atoms with Crippen LogP contribution in [0, 0.1) is 6.92 Å². The fraction of sp³-hybridized carbons (Fsp3) is 0.0682. The minimum atomic E-state index is -0.410. The molecule has 0 fully saturated rings. The Balaban J connectivity index is 1.33. The largest absolute Gasteiger partial charge is 0.497 e. The number of aryl methyl sites for hydroxylation is 1. The van der Waals surface area contributed by atoms with Gasteiger partial charge in [0.25, 0.3) is 0 Å². The Morgan fingerprint density at radius 3 is 1.77 bits per heavy atom. The van der Waals surface area contributed by atoms with Crippen LogP contribution in [0.5, 0.6) is 5.75 Å². The van der Waals surface area contributed by atoms with Crippen molar-refractivity contribution in [1.82, 2.24) is 9.55 Å². The Morgan fingerprint density at radius 2 is 1.13 bits per heavy atom. The maximum Gasteiger partial charge on any atom is 0.137 e. The van der Waals surface area contributed by atoms with Crippen LogP contribution in [0.4, 0.5) is 0 Å². The molecule has 10 rings (SSSR count). The quantitative estimate of drug-likeness (QED) is 0.201. The molecule has 6 aromatic carbocycles. The molecule has 222 valence electrons. The van der Waals surface area contributed by atoms with Crippen molar-refractivity contribution in [3.8, 4) is 44.9 Å². The lowest BCUT2D eigenvalue weighted by Crippen LogP contribution is -2.25. The lowest BCUT2D eigenvalue weighted by Gasteiger charge is -2.30. The van der Waals surface area contributed by atoms with Crippen molar-refractivity contribution in [2.75, 3.05) is 7.11 Å². The van der Waals surface area contributed by atoms with Crippen molar-refractivity contribution in [1.29, 1.82) is 0 Å². The Hall–Kier alpha value is -5.93. The van der Waals surface area contributed by atoms with E-state index < -0.39 is 5.41 Å². The number of ether oxygens (including phenoxy) is 1. The topological polar surface area (TPSA) is 27.1 Å². The summed E-state index contributed by atoms with van der Waals surface area (Å²) in [5.74, 6) is 1.72. The van der Waals surface area contributed by atoms with E-state index in [1.54, 1.807) is 7.11 Å². The van der Waals surface area contributed by atoms with E-state index in [9.17, 15) is 0 Å². The summed E-state index contributed by atoms with van der Waals surface area (Å²) in [5.41, 5.74) is 15.9. The summed E-state index contributed by atoms with van der Waals surface area (Å²) in [5, 5.41) is 2.39. The van der Waals surface area contributed by atoms with Crippen molar-refractivity contribution in [3.63, 3.8) is 0 Å². The fourth-order valence-electron chi connectivity index (χ4n) is 8.54. The summed E-state index contributed by atoms with van der Waals surface area (Å²) in [4.78, 5) is 5.13. The number of pyridine rings is 1. The van der Waals surface area contributed by atoms with E-state index in [0.29, 0.717) is 0 Å².